The zero-order chi connectivity index (χ0) is 14.5. The fourth-order valence-corrected chi connectivity index (χ4v) is 1.76. The molecule has 0 fully saturated rings. The van der Waals surface area contributed by atoms with Gasteiger partial charge >= 0.3 is 0 Å². The number of benzene rings is 2. The number of unbranched alkanes of at least 4 members (excludes halogenated alkanes) is 1. The molecule has 0 aliphatic heterocycles. The molecule has 1 nitrogen and oxygen atoms in total. The lowest BCUT2D eigenvalue weighted by atomic mass is 10.2. The Morgan fingerprint density at radius 2 is 1.30 bits per heavy atom. The van der Waals surface area contributed by atoms with Crippen LogP contribution in [-0.4, -0.2) is 17.1 Å². The van der Waals surface area contributed by atoms with E-state index in [1.54, 1.807) is 0 Å². The van der Waals surface area contributed by atoms with Gasteiger partial charge in [-0.05, 0) is 30.7 Å². The van der Waals surface area contributed by atoms with Crippen molar-refractivity contribution in [2.45, 2.75) is 19.8 Å². The predicted molar refractivity (Wildman–Crippen MR) is 89.7 cm³/mol. The monoisotopic (exact) mass is 282 g/mol. The summed E-state index contributed by atoms with van der Waals surface area (Å²) in [5.74, 6) is 6.22. The molecule has 0 aromatic heterocycles. The normalized spacial score (nSPS) is 9.05. The van der Waals surface area contributed by atoms with Crippen LogP contribution in [0.3, 0.4) is 0 Å². The van der Waals surface area contributed by atoms with Gasteiger partial charge in [-0.3, -0.25) is 0 Å². The molecule has 0 amide bonds. The van der Waals surface area contributed by atoms with Gasteiger partial charge in [0, 0.05) is 17.7 Å². The molecule has 20 heavy (non-hydrogen) atoms. The SMILES string of the molecule is C(#Cc1ccccc1)c1ccccc1.CCCCO[SiH3]. The van der Waals surface area contributed by atoms with E-state index in [0.717, 1.165) is 28.2 Å². The van der Waals surface area contributed by atoms with Crippen molar-refractivity contribution < 1.29 is 4.43 Å². The Kier molecular flexibility index (Phi) is 8.96. The van der Waals surface area contributed by atoms with Crippen LogP contribution in [0, 0.1) is 11.8 Å². The Balaban J connectivity index is 0.000000286. The van der Waals surface area contributed by atoms with Crippen molar-refractivity contribution in [1.29, 1.82) is 0 Å². The smallest absolute Gasteiger partial charge is 0.145 e. The van der Waals surface area contributed by atoms with Gasteiger partial charge in [0.15, 0.2) is 0 Å². The third kappa shape index (κ3) is 7.58. The van der Waals surface area contributed by atoms with Crippen LogP contribution < -0.4 is 0 Å². The summed E-state index contributed by atoms with van der Waals surface area (Å²) in [5, 5.41) is 0. The lowest BCUT2D eigenvalue weighted by Crippen LogP contribution is -1.85. The Hall–Kier alpha value is -1.82. The van der Waals surface area contributed by atoms with E-state index < -0.39 is 0 Å². The zero-order valence-corrected chi connectivity index (χ0v) is 14.3. The lowest BCUT2D eigenvalue weighted by molar-refractivity contribution is 0.339. The van der Waals surface area contributed by atoms with Gasteiger partial charge in [0.25, 0.3) is 0 Å². The van der Waals surface area contributed by atoms with Gasteiger partial charge in [-0.2, -0.15) is 0 Å². The molecule has 2 aromatic rings. The van der Waals surface area contributed by atoms with Crippen LogP contribution in [-0.2, 0) is 4.43 Å². The summed E-state index contributed by atoms with van der Waals surface area (Å²) in [6.45, 7) is 3.14. The predicted octanol–water partition coefficient (Wildman–Crippen LogP) is 3.17. The average Bonchev–Trinajstić information content (AvgIpc) is 2.53. The highest BCUT2D eigenvalue weighted by Gasteiger charge is 1.83. The standard InChI is InChI=1S/C14H10.C4H12OSi/c1-3-7-13(8-4-1)11-12-14-9-5-2-6-10-14;1-2-3-4-5-6/h1-10H;2-4H2,1,6H3. The van der Waals surface area contributed by atoms with Crippen molar-refractivity contribution in [2.75, 3.05) is 6.61 Å². The second-order valence-corrected chi connectivity index (χ2v) is 4.91. The molecule has 2 heteroatoms. The van der Waals surface area contributed by atoms with Crippen LogP contribution in [0.5, 0.6) is 0 Å². The molecule has 0 atom stereocenters. The van der Waals surface area contributed by atoms with E-state index in [2.05, 4.69) is 18.8 Å². The summed E-state index contributed by atoms with van der Waals surface area (Å²) in [7, 11) is 0.903. The molecular formula is C18H22OSi. The van der Waals surface area contributed by atoms with E-state index in [4.69, 9.17) is 4.43 Å². The summed E-state index contributed by atoms with van der Waals surface area (Å²) in [5.41, 5.74) is 2.10. The summed E-state index contributed by atoms with van der Waals surface area (Å²) >= 11 is 0. The highest BCUT2D eigenvalue weighted by atomic mass is 28.2. The fraction of sp³-hybridized carbons (Fsp3) is 0.222. The minimum atomic E-state index is 0.903. The molecule has 0 saturated heterocycles. The third-order valence-corrected chi connectivity index (χ3v) is 3.01. The van der Waals surface area contributed by atoms with E-state index in [1.165, 1.54) is 12.8 Å². The summed E-state index contributed by atoms with van der Waals surface area (Å²) in [4.78, 5) is 0. The maximum atomic E-state index is 4.92. The van der Waals surface area contributed by atoms with Gasteiger partial charge in [0.1, 0.15) is 10.5 Å². The average molecular weight is 282 g/mol. The van der Waals surface area contributed by atoms with Gasteiger partial charge in [-0.25, -0.2) is 0 Å². The molecule has 0 N–H and O–H groups in total. The van der Waals surface area contributed by atoms with Crippen molar-refractivity contribution in [3.8, 4) is 11.8 Å². The van der Waals surface area contributed by atoms with Crippen molar-refractivity contribution in [1.82, 2.24) is 0 Å². The van der Waals surface area contributed by atoms with Crippen molar-refractivity contribution >= 4 is 10.5 Å². The maximum absolute atomic E-state index is 4.92. The number of hydrogen-bond acceptors (Lipinski definition) is 1. The minimum absolute atomic E-state index is 0.903. The highest BCUT2D eigenvalue weighted by Crippen LogP contribution is 1.98. The van der Waals surface area contributed by atoms with Gasteiger partial charge in [-0.1, -0.05) is 61.6 Å². The van der Waals surface area contributed by atoms with E-state index in [1.807, 2.05) is 60.7 Å². The topological polar surface area (TPSA) is 9.23 Å². The summed E-state index contributed by atoms with van der Waals surface area (Å²) < 4.78 is 4.92. The summed E-state index contributed by atoms with van der Waals surface area (Å²) in [6.07, 6.45) is 2.48. The molecule has 0 unspecified atom stereocenters. The Morgan fingerprint density at radius 1 is 0.850 bits per heavy atom. The zero-order valence-electron chi connectivity index (χ0n) is 12.3. The van der Waals surface area contributed by atoms with Gasteiger partial charge < -0.3 is 4.43 Å². The molecule has 2 aromatic carbocycles. The van der Waals surface area contributed by atoms with Gasteiger partial charge in [0.05, 0.1) is 0 Å². The van der Waals surface area contributed by atoms with E-state index >= 15 is 0 Å². The number of rotatable bonds is 3. The molecule has 0 spiro atoms. The number of hydrogen-bond donors (Lipinski definition) is 0. The van der Waals surface area contributed by atoms with Gasteiger partial charge in [0.2, 0.25) is 0 Å². The highest BCUT2D eigenvalue weighted by molar-refractivity contribution is 5.97. The van der Waals surface area contributed by atoms with Crippen LogP contribution in [0.1, 0.15) is 30.9 Å². The quantitative estimate of drug-likeness (QED) is 0.477. The van der Waals surface area contributed by atoms with Crippen molar-refractivity contribution in [2.24, 2.45) is 0 Å². The molecule has 2 rings (SSSR count). The first-order valence-electron chi connectivity index (χ1n) is 6.98. The van der Waals surface area contributed by atoms with E-state index in [0.29, 0.717) is 0 Å². The molecule has 0 aliphatic rings. The van der Waals surface area contributed by atoms with E-state index in [9.17, 15) is 0 Å². The first-order chi connectivity index (χ1) is 9.86. The summed E-state index contributed by atoms with van der Waals surface area (Å²) in [6, 6.07) is 20.0. The Labute approximate surface area is 125 Å². The van der Waals surface area contributed by atoms with Crippen LogP contribution in [0.25, 0.3) is 0 Å². The van der Waals surface area contributed by atoms with Crippen LogP contribution >= 0.6 is 0 Å². The molecular weight excluding hydrogens is 260 g/mol. The minimum Gasteiger partial charge on any atom is -0.428 e. The molecule has 104 valence electrons. The second-order valence-electron chi connectivity index (χ2n) is 4.33. The third-order valence-electron chi connectivity index (χ3n) is 2.60. The largest absolute Gasteiger partial charge is 0.428 e. The van der Waals surface area contributed by atoms with Crippen molar-refractivity contribution in [3.63, 3.8) is 0 Å². The van der Waals surface area contributed by atoms with Crippen LogP contribution in [0.4, 0.5) is 0 Å². The molecule has 0 saturated carbocycles. The lowest BCUT2D eigenvalue weighted by Gasteiger charge is -1.90. The maximum Gasteiger partial charge on any atom is 0.145 e. The van der Waals surface area contributed by atoms with Crippen LogP contribution in [0.2, 0.25) is 0 Å². The molecule has 0 bridgehead atoms. The first-order valence-corrected chi connectivity index (χ1v) is 7.79. The molecule has 0 heterocycles. The molecule has 0 aliphatic carbocycles. The second kappa shape index (κ2) is 11.0. The van der Waals surface area contributed by atoms with E-state index in [-0.39, 0.29) is 0 Å². The molecule has 0 radical (unpaired) electrons. The Morgan fingerprint density at radius 3 is 1.60 bits per heavy atom. The fourth-order valence-electron chi connectivity index (χ4n) is 1.48. The van der Waals surface area contributed by atoms with Crippen molar-refractivity contribution in [3.05, 3.63) is 71.8 Å². The van der Waals surface area contributed by atoms with Crippen LogP contribution in [0.15, 0.2) is 60.7 Å². The Bertz CT molecular complexity index is 464. The first kappa shape index (κ1) is 16.2. The van der Waals surface area contributed by atoms with Gasteiger partial charge in [-0.15, -0.1) is 0 Å².